The van der Waals surface area contributed by atoms with Gasteiger partial charge in [-0.15, -0.1) is 0 Å². The third-order valence-electron chi connectivity index (χ3n) is 6.25. The van der Waals surface area contributed by atoms with Gasteiger partial charge in [0.05, 0.1) is 0 Å². The molecule has 0 aromatic heterocycles. The number of carbonyl (C=O) groups is 1. The maximum Gasteiger partial charge on any atom is 0.319 e. The lowest BCUT2D eigenvalue weighted by molar-refractivity contribution is 0.176. The number of fused-ring (bicyclic) bond motifs is 1. The molecule has 0 bridgehead atoms. The van der Waals surface area contributed by atoms with Crippen LogP contribution >= 0.6 is 11.6 Å². The molecule has 2 aliphatic rings. The van der Waals surface area contributed by atoms with Gasteiger partial charge in [0.25, 0.3) is 0 Å². The van der Waals surface area contributed by atoms with Crippen LogP contribution in [0.3, 0.4) is 0 Å². The van der Waals surface area contributed by atoms with Crippen LogP contribution in [0.5, 0.6) is 0 Å². The van der Waals surface area contributed by atoms with Gasteiger partial charge in [-0.2, -0.15) is 0 Å². The summed E-state index contributed by atoms with van der Waals surface area (Å²) in [5.74, 6) is 0.535. The minimum Gasteiger partial charge on any atom is -0.338 e. The number of hydrogen-bond donors (Lipinski definition) is 2. The molecule has 2 aromatic carbocycles. The summed E-state index contributed by atoms with van der Waals surface area (Å²) in [6, 6.07) is 14.3. The monoisotopic (exact) mass is 411 g/mol. The Kier molecular flexibility index (Phi) is 6.73. The Labute approximate surface area is 178 Å². The largest absolute Gasteiger partial charge is 0.338 e. The average molecular weight is 412 g/mol. The Hall–Kier alpha value is -2.04. The Bertz CT molecular complexity index is 846. The van der Waals surface area contributed by atoms with Crippen molar-refractivity contribution in [2.75, 3.05) is 25.0 Å². The van der Waals surface area contributed by atoms with Crippen LogP contribution in [0.2, 0.25) is 5.02 Å². The summed E-state index contributed by atoms with van der Waals surface area (Å²) >= 11 is 6.29. The Morgan fingerprint density at radius 1 is 1.03 bits per heavy atom. The molecule has 0 spiro atoms. The molecule has 4 nitrogen and oxygen atoms in total. The van der Waals surface area contributed by atoms with Crippen LogP contribution in [0.1, 0.15) is 42.4 Å². The van der Waals surface area contributed by atoms with E-state index in [1.165, 1.54) is 29.5 Å². The van der Waals surface area contributed by atoms with Crippen LogP contribution in [-0.4, -0.2) is 30.6 Å². The van der Waals surface area contributed by atoms with Crippen LogP contribution < -0.4 is 10.6 Å². The highest BCUT2D eigenvalue weighted by Gasteiger charge is 2.21. The molecule has 0 unspecified atom stereocenters. The lowest BCUT2D eigenvalue weighted by atomic mass is 9.90. The zero-order valence-corrected chi connectivity index (χ0v) is 17.7. The number of amides is 2. The highest BCUT2D eigenvalue weighted by Crippen LogP contribution is 2.28. The average Bonchev–Trinajstić information content (AvgIpc) is 2.75. The summed E-state index contributed by atoms with van der Waals surface area (Å²) in [6.07, 6.45) is 6.85. The number of benzene rings is 2. The first kappa shape index (κ1) is 20.2. The van der Waals surface area contributed by atoms with E-state index in [4.69, 9.17) is 11.6 Å². The summed E-state index contributed by atoms with van der Waals surface area (Å²) < 4.78 is 0. The number of aryl methyl sites for hydroxylation is 1. The Morgan fingerprint density at radius 3 is 2.66 bits per heavy atom. The van der Waals surface area contributed by atoms with Gasteiger partial charge in [-0.1, -0.05) is 41.9 Å². The number of nitrogens with zero attached hydrogens (tertiary/aromatic N) is 1. The number of urea groups is 1. The predicted molar refractivity (Wildman–Crippen MR) is 120 cm³/mol. The van der Waals surface area contributed by atoms with Crippen LogP contribution in [0.25, 0.3) is 0 Å². The molecule has 0 saturated carbocycles. The summed E-state index contributed by atoms with van der Waals surface area (Å²) in [7, 11) is 0. The van der Waals surface area contributed by atoms with Crippen LogP contribution in [0.4, 0.5) is 10.5 Å². The third-order valence-corrected chi connectivity index (χ3v) is 6.62. The second-order valence-corrected chi connectivity index (χ2v) is 8.70. The minimum absolute atomic E-state index is 0.0810. The van der Waals surface area contributed by atoms with Crippen molar-refractivity contribution < 1.29 is 4.79 Å². The molecule has 1 aliphatic heterocycles. The summed E-state index contributed by atoms with van der Waals surface area (Å²) in [5, 5.41) is 7.02. The smallest absolute Gasteiger partial charge is 0.319 e. The Morgan fingerprint density at radius 2 is 1.83 bits per heavy atom. The lowest BCUT2D eigenvalue weighted by Gasteiger charge is -2.32. The lowest BCUT2D eigenvalue weighted by Crippen LogP contribution is -2.39. The van der Waals surface area contributed by atoms with E-state index in [2.05, 4.69) is 33.7 Å². The number of halogens is 1. The molecule has 154 valence electrons. The van der Waals surface area contributed by atoms with Crippen LogP contribution in [-0.2, 0) is 19.4 Å². The minimum atomic E-state index is -0.0810. The van der Waals surface area contributed by atoms with Crippen molar-refractivity contribution in [2.24, 2.45) is 5.92 Å². The van der Waals surface area contributed by atoms with Gasteiger partial charge in [0.15, 0.2) is 0 Å². The third kappa shape index (κ3) is 5.31. The number of rotatable bonds is 5. The van der Waals surface area contributed by atoms with Gasteiger partial charge in [0.1, 0.15) is 0 Å². The van der Waals surface area contributed by atoms with Gasteiger partial charge in [0, 0.05) is 23.8 Å². The van der Waals surface area contributed by atoms with E-state index in [-0.39, 0.29) is 6.03 Å². The van der Waals surface area contributed by atoms with Gasteiger partial charge in [0.2, 0.25) is 0 Å². The number of anilines is 1. The van der Waals surface area contributed by atoms with Crippen molar-refractivity contribution in [3.63, 3.8) is 0 Å². The van der Waals surface area contributed by atoms with E-state index in [1.54, 1.807) is 0 Å². The van der Waals surface area contributed by atoms with Crippen LogP contribution in [0, 0.1) is 5.92 Å². The van der Waals surface area contributed by atoms with Crippen molar-refractivity contribution in [3.05, 3.63) is 64.2 Å². The van der Waals surface area contributed by atoms with E-state index < -0.39 is 0 Å². The summed E-state index contributed by atoms with van der Waals surface area (Å²) in [4.78, 5) is 14.9. The van der Waals surface area contributed by atoms with Crippen molar-refractivity contribution in [2.45, 2.75) is 45.1 Å². The zero-order chi connectivity index (χ0) is 20.1. The molecule has 29 heavy (non-hydrogen) atoms. The molecule has 4 rings (SSSR count). The first-order valence-electron chi connectivity index (χ1n) is 10.8. The van der Waals surface area contributed by atoms with Gasteiger partial charge in [-0.3, -0.25) is 4.90 Å². The fourth-order valence-electron chi connectivity index (χ4n) is 4.52. The number of hydrogen-bond acceptors (Lipinski definition) is 2. The summed E-state index contributed by atoms with van der Waals surface area (Å²) in [6.45, 7) is 3.73. The fraction of sp³-hybridized carbons (Fsp3) is 0.458. The molecule has 1 fully saturated rings. The number of piperidine rings is 1. The fourth-order valence-corrected chi connectivity index (χ4v) is 4.71. The maximum atomic E-state index is 12.4. The molecular weight excluding hydrogens is 382 g/mol. The second kappa shape index (κ2) is 9.64. The van der Waals surface area contributed by atoms with Gasteiger partial charge < -0.3 is 10.6 Å². The molecule has 1 heterocycles. The number of carbonyl (C=O) groups excluding carboxylic acids is 1. The van der Waals surface area contributed by atoms with Gasteiger partial charge in [-0.05, 0) is 86.4 Å². The molecule has 0 radical (unpaired) electrons. The molecule has 2 aromatic rings. The Balaban J connectivity index is 1.22. The van der Waals surface area contributed by atoms with Gasteiger partial charge >= 0.3 is 6.03 Å². The molecule has 1 saturated heterocycles. The molecule has 2 N–H and O–H groups in total. The highest BCUT2D eigenvalue weighted by molar-refractivity contribution is 6.31. The summed E-state index contributed by atoms with van der Waals surface area (Å²) in [5.41, 5.74) is 4.88. The highest BCUT2D eigenvalue weighted by atomic mass is 35.5. The van der Waals surface area contributed by atoms with Crippen molar-refractivity contribution in [1.29, 1.82) is 0 Å². The number of nitrogens with one attached hydrogen (secondary N) is 2. The molecule has 2 amide bonds. The van der Waals surface area contributed by atoms with E-state index >= 15 is 0 Å². The molecule has 0 atom stereocenters. The van der Waals surface area contributed by atoms with Gasteiger partial charge in [-0.25, -0.2) is 4.79 Å². The maximum absolute atomic E-state index is 12.4. The first-order chi connectivity index (χ1) is 14.2. The van der Waals surface area contributed by atoms with E-state index in [1.807, 2.05) is 24.3 Å². The molecular formula is C24H30ClN3O. The van der Waals surface area contributed by atoms with E-state index in [0.717, 1.165) is 62.6 Å². The topological polar surface area (TPSA) is 44.4 Å². The van der Waals surface area contributed by atoms with E-state index in [0.29, 0.717) is 5.92 Å². The van der Waals surface area contributed by atoms with Crippen molar-refractivity contribution >= 4 is 23.3 Å². The zero-order valence-electron chi connectivity index (χ0n) is 16.9. The number of likely N-dealkylation sites (tertiary alicyclic amines) is 1. The first-order valence-corrected chi connectivity index (χ1v) is 11.2. The SMILES string of the molecule is O=C(NCC1CCN(Cc2ccccc2Cl)CC1)Nc1cccc2c1CCCC2. The predicted octanol–water partition coefficient (Wildman–Crippen LogP) is 5.25. The van der Waals surface area contributed by atoms with Crippen molar-refractivity contribution in [1.82, 2.24) is 10.2 Å². The molecule has 5 heteroatoms. The second-order valence-electron chi connectivity index (χ2n) is 8.30. The normalized spacial score (nSPS) is 17.6. The quantitative estimate of drug-likeness (QED) is 0.705. The standard InChI is InChI=1S/C24H30ClN3O/c25-22-10-4-2-7-20(22)17-28-14-12-18(13-15-28)16-26-24(29)27-23-11-5-8-19-6-1-3-9-21(19)23/h2,4-5,7-8,10-11,18H,1,3,6,9,12-17H2,(H2,26,27,29). The van der Waals surface area contributed by atoms with Crippen molar-refractivity contribution in [3.8, 4) is 0 Å². The van der Waals surface area contributed by atoms with E-state index in [9.17, 15) is 4.79 Å². The van der Waals surface area contributed by atoms with Crippen LogP contribution in [0.15, 0.2) is 42.5 Å². The molecule has 1 aliphatic carbocycles.